The summed E-state index contributed by atoms with van der Waals surface area (Å²) < 4.78 is 0. The van der Waals surface area contributed by atoms with E-state index in [1.165, 1.54) is 19.3 Å². The van der Waals surface area contributed by atoms with Crippen molar-refractivity contribution >= 4 is 6.03 Å². The number of amides is 2. The van der Waals surface area contributed by atoms with Crippen LogP contribution in [0.1, 0.15) is 19.3 Å². The normalized spacial score (nSPS) is 18.5. The third-order valence-electron chi connectivity index (χ3n) is 3.47. The maximum Gasteiger partial charge on any atom is 0.319 e. The van der Waals surface area contributed by atoms with Gasteiger partial charge in [-0.25, -0.2) is 4.79 Å². The third kappa shape index (κ3) is 2.43. The highest BCUT2D eigenvalue weighted by atomic mass is 16.2. The molecule has 0 aliphatic heterocycles. The summed E-state index contributed by atoms with van der Waals surface area (Å²) in [6.45, 7) is 0.830. The Bertz CT molecular complexity index is 234. The average Bonchev–Trinajstić information content (AvgIpc) is 2.08. The summed E-state index contributed by atoms with van der Waals surface area (Å²) in [6.07, 6.45) is 3.68. The van der Waals surface area contributed by atoms with Gasteiger partial charge in [-0.05, 0) is 33.4 Å². The van der Waals surface area contributed by atoms with Gasteiger partial charge in [0.05, 0.1) is 0 Å². The van der Waals surface area contributed by atoms with E-state index in [1.54, 1.807) is 19.0 Å². The predicted molar refractivity (Wildman–Crippen MR) is 62.0 cm³/mol. The highest BCUT2D eigenvalue weighted by molar-refractivity contribution is 5.73. The molecule has 0 aromatic rings. The minimum atomic E-state index is 0.0862. The fourth-order valence-corrected chi connectivity index (χ4v) is 2.18. The van der Waals surface area contributed by atoms with E-state index >= 15 is 0 Å². The molecule has 0 saturated heterocycles. The summed E-state index contributed by atoms with van der Waals surface area (Å²) in [5, 5.41) is 0. The van der Waals surface area contributed by atoms with E-state index in [4.69, 9.17) is 0 Å². The molecule has 0 aromatic carbocycles. The van der Waals surface area contributed by atoms with Gasteiger partial charge in [0.25, 0.3) is 0 Å². The fraction of sp³-hybridized carbons (Fsp3) is 0.909. The van der Waals surface area contributed by atoms with Crippen molar-refractivity contribution in [2.24, 2.45) is 0 Å². The van der Waals surface area contributed by atoms with Crippen LogP contribution in [0.2, 0.25) is 0 Å². The van der Waals surface area contributed by atoms with Gasteiger partial charge >= 0.3 is 6.03 Å². The van der Waals surface area contributed by atoms with Crippen LogP contribution < -0.4 is 0 Å². The van der Waals surface area contributed by atoms with Crippen molar-refractivity contribution in [3.63, 3.8) is 0 Å². The molecule has 0 atom stereocenters. The number of urea groups is 1. The number of nitrogens with zero attached hydrogens (tertiary/aromatic N) is 3. The van der Waals surface area contributed by atoms with E-state index in [0.29, 0.717) is 0 Å². The van der Waals surface area contributed by atoms with E-state index < -0.39 is 0 Å². The molecule has 0 bridgehead atoms. The van der Waals surface area contributed by atoms with Gasteiger partial charge in [0.1, 0.15) is 0 Å². The molecule has 88 valence electrons. The topological polar surface area (TPSA) is 26.8 Å². The zero-order valence-corrected chi connectivity index (χ0v) is 10.6. The van der Waals surface area contributed by atoms with Crippen LogP contribution in [0.25, 0.3) is 0 Å². The van der Waals surface area contributed by atoms with Gasteiger partial charge in [0.15, 0.2) is 0 Å². The SMILES string of the molecule is CN(C)C(=O)N(C)CC1(N(C)C)CCC1. The molecule has 1 saturated carbocycles. The van der Waals surface area contributed by atoms with Crippen LogP contribution in [0, 0.1) is 0 Å². The van der Waals surface area contributed by atoms with Crippen molar-refractivity contribution in [3.8, 4) is 0 Å². The molecule has 4 heteroatoms. The van der Waals surface area contributed by atoms with Gasteiger partial charge in [-0.15, -0.1) is 0 Å². The van der Waals surface area contributed by atoms with Crippen molar-refractivity contribution in [2.75, 3.05) is 41.8 Å². The molecule has 0 heterocycles. The van der Waals surface area contributed by atoms with Crippen LogP contribution in [0.5, 0.6) is 0 Å². The summed E-state index contributed by atoms with van der Waals surface area (Å²) in [6, 6.07) is 0.0862. The molecule has 0 aromatic heterocycles. The smallest absolute Gasteiger partial charge is 0.319 e. The first-order valence-corrected chi connectivity index (χ1v) is 5.49. The standard InChI is InChI=1S/C11H23N3O/c1-12(2)10(15)14(5)9-11(13(3)4)7-6-8-11/h6-9H2,1-5H3. The molecule has 2 amide bonds. The number of likely N-dealkylation sites (N-methyl/N-ethyl adjacent to an activating group) is 2. The first-order chi connectivity index (χ1) is 6.89. The lowest BCUT2D eigenvalue weighted by Crippen LogP contribution is -2.58. The highest BCUT2D eigenvalue weighted by Crippen LogP contribution is 2.36. The molecule has 1 fully saturated rings. The Morgan fingerprint density at radius 2 is 1.67 bits per heavy atom. The molecule has 1 rings (SSSR count). The summed E-state index contributed by atoms with van der Waals surface area (Å²) in [5.41, 5.74) is 0.223. The Labute approximate surface area is 92.8 Å². The summed E-state index contributed by atoms with van der Waals surface area (Å²) in [4.78, 5) is 17.4. The summed E-state index contributed by atoms with van der Waals surface area (Å²) in [7, 11) is 9.68. The Kier molecular flexibility index (Phi) is 3.60. The summed E-state index contributed by atoms with van der Waals surface area (Å²) in [5.74, 6) is 0. The Morgan fingerprint density at radius 3 is 1.93 bits per heavy atom. The Hall–Kier alpha value is -0.770. The van der Waals surface area contributed by atoms with Crippen molar-refractivity contribution < 1.29 is 4.79 Å². The number of carbonyl (C=O) groups excluding carboxylic acids is 1. The maximum atomic E-state index is 11.7. The molecule has 1 aliphatic carbocycles. The van der Waals surface area contributed by atoms with Crippen LogP contribution in [0.4, 0.5) is 4.79 Å². The van der Waals surface area contributed by atoms with Crippen LogP contribution >= 0.6 is 0 Å². The summed E-state index contributed by atoms with van der Waals surface area (Å²) >= 11 is 0. The van der Waals surface area contributed by atoms with Crippen molar-refractivity contribution in [1.29, 1.82) is 0 Å². The van der Waals surface area contributed by atoms with Crippen LogP contribution in [0.15, 0.2) is 0 Å². The van der Waals surface area contributed by atoms with Gasteiger partial charge in [-0.3, -0.25) is 0 Å². The predicted octanol–water partition coefficient (Wildman–Crippen LogP) is 1.08. The molecular formula is C11H23N3O. The zero-order chi connectivity index (χ0) is 11.6. The van der Waals surface area contributed by atoms with E-state index in [2.05, 4.69) is 19.0 Å². The van der Waals surface area contributed by atoms with Crippen molar-refractivity contribution in [3.05, 3.63) is 0 Å². The lowest BCUT2D eigenvalue weighted by molar-refractivity contribution is 0.0334. The molecule has 0 N–H and O–H groups in total. The fourth-order valence-electron chi connectivity index (χ4n) is 2.18. The number of hydrogen-bond donors (Lipinski definition) is 0. The number of hydrogen-bond acceptors (Lipinski definition) is 2. The molecule has 0 radical (unpaired) electrons. The van der Waals surface area contributed by atoms with E-state index in [9.17, 15) is 4.79 Å². The van der Waals surface area contributed by atoms with Crippen molar-refractivity contribution in [1.82, 2.24) is 14.7 Å². The van der Waals surface area contributed by atoms with Crippen LogP contribution in [-0.4, -0.2) is 68.1 Å². The van der Waals surface area contributed by atoms with Gasteiger partial charge in [-0.2, -0.15) is 0 Å². The quantitative estimate of drug-likeness (QED) is 0.701. The molecule has 0 unspecified atom stereocenters. The Morgan fingerprint density at radius 1 is 1.13 bits per heavy atom. The van der Waals surface area contributed by atoms with Gasteiger partial charge in [0, 0.05) is 33.2 Å². The second kappa shape index (κ2) is 4.39. The minimum absolute atomic E-state index is 0.0862. The number of carbonyl (C=O) groups is 1. The second-order valence-electron chi connectivity index (χ2n) is 5.01. The zero-order valence-electron chi connectivity index (χ0n) is 10.6. The lowest BCUT2D eigenvalue weighted by Gasteiger charge is -2.49. The largest absolute Gasteiger partial charge is 0.331 e. The Balaban J connectivity index is 2.56. The maximum absolute atomic E-state index is 11.7. The molecular weight excluding hydrogens is 190 g/mol. The first-order valence-electron chi connectivity index (χ1n) is 5.49. The lowest BCUT2D eigenvalue weighted by atomic mass is 9.75. The average molecular weight is 213 g/mol. The van der Waals surface area contributed by atoms with Gasteiger partial charge < -0.3 is 14.7 Å². The third-order valence-corrected chi connectivity index (χ3v) is 3.47. The molecule has 1 aliphatic rings. The molecule has 4 nitrogen and oxygen atoms in total. The number of rotatable bonds is 3. The highest BCUT2D eigenvalue weighted by Gasteiger charge is 2.40. The van der Waals surface area contributed by atoms with Gasteiger partial charge in [-0.1, -0.05) is 0 Å². The molecule has 0 spiro atoms. The molecule has 15 heavy (non-hydrogen) atoms. The first kappa shape index (κ1) is 12.3. The van der Waals surface area contributed by atoms with E-state index in [1.807, 2.05) is 11.9 Å². The van der Waals surface area contributed by atoms with E-state index in [-0.39, 0.29) is 11.6 Å². The van der Waals surface area contributed by atoms with Crippen molar-refractivity contribution in [2.45, 2.75) is 24.8 Å². The minimum Gasteiger partial charge on any atom is -0.331 e. The monoisotopic (exact) mass is 213 g/mol. The van der Waals surface area contributed by atoms with Crippen LogP contribution in [-0.2, 0) is 0 Å². The van der Waals surface area contributed by atoms with Gasteiger partial charge in [0.2, 0.25) is 0 Å². The van der Waals surface area contributed by atoms with E-state index in [0.717, 1.165) is 6.54 Å². The van der Waals surface area contributed by atoms with Crippen LogP contribution in [0.3, 0.4) is 0 Å². The second-order valence-corrected chi connectivity index (χ2v) is 5.01.